The summed E-state index contributed by atoms with van der Waals surface area (Å²) in [7, 11) is 0. The third-order valence-electron chi connectivity index (χ3n) is 3.92. The number of aromatic hydroxyl groups is 1. The first-order chi connectivity index (χ1) is 11.8. The van der Waals surface area contributed by atoms with Gasteiger partial charge in [-0.2, -0.15) is 5.10 Å². The summed E-state index contributed by atoms with van der Waals surface area (Å²) in [5, 5.41) is 14.4. The molecule has 0 aliphatic heterocycles. The highest BCUT2D eigenvalue weighted by molar-refractivity contribution is 5.94. The number of nitrogens with one attached hydrogen (secondary N) is 1. The van der Waals surface area contributed by atoms with Crippen LogP contribution in [0.1, 0.15) is 66.6 Å². The maximum atomic E-state index is 12.9. The largest absolute Gasteiger partial charge is 0.507 e. The van der Waals surface area contributed by atoms with E-state index in [9.17, 15) is 14.3 Å². The van der Waals surface area contributed by atoms with Crippen molar-refractivity contribution in [2.75, 3.05) is 0 Å². The molecule has 1 amide bonds. The molecule has 0 bridgehead atoms. The number of carbonyl (C=O) groups is 1. The van der Waals surface area contributed by atoms with Gasteiger partial charge < -0.3 is 5.11 Å². The van der Waals surface area contributed by atoms with Crippen LogP contribution in [0.25, 0.3) is 0 Å². The fraction of sp³-hybridized carbons (Fsp3) is 0.300. The van der Waals surface area contributed by atoms with E-state index in [1.807, 2.05) is 39.8 Å². The Labute approximate surface area is 147 Å². The number of hydrazone groups is 1. The van der Waals surface area contributed by atoms with Gasteiger partial charge in [-0.15, -0.1) is 0 Å². The molecule has 0 spiro atoms. The van der Waals surface area contributed by atoms with Crippen LogP contribution < -0.4 is 5.43 Å². The lowest BCUT2D eigenvalue weighted by molar-refractivity contribution is 0.0955. The number of phenols is 1. The molecule has 2 aromatic carbocycles. The van der Waals surface area contributed by atoms with Crippen molar-refractivity contribution in [3.8, 4) is 5.75 Å². The molecule has 2 aromatic rings. The summed E-state index contributed by atoms with van der Waals surface area (Å²) in [5.41, 5.74) is 5.24. The molecule has 0 heterocycles. The zero-order valence-corrected chi connectivity index (χ0v) is 14.9. The van der Waals surface area contributed by atoms with Gasteiger partial charge in [0, 0.05) is 5.56 Å². The number of phenolic OH excluding ortho intramolecular Hbond substituents is 1. The van der Waals surface area contributed by atoms with E-state index in [-0.39, 0.29) is 11.8 Å². The molecule has 0 aromatic heterocycles. The molecule has 5 heteroatoms. The molecule has 0 atom stereocenters. The van der Waals surface area contributed by atoms with Gasteiger partial charge in [0.05, 0.1) is 6.21 Å². The Hall–Kier alpha value is -2.69. The first-order valence-electron chi connectivity index (χ1n) is 8.25. The van der Waals surface area contributed by atoms with E-state index in [0.717, 1.165) is 16.7 Å². The number of benzene rings is 2. The fourth-order valence-electron chi connectivity index (χ4n) is 2.49. The normalized spacial score (nSPS) is 11.5. The summed E-state index contributed by atoms with van der Waals surface area (Å²) in [5.74, 6) is -0.161. The predicted octanol–water partition coefficient (Wildman–Crippen LogP) is 4.54. The number of nitrogens with zero attached hydrogens (tertiary/aromatic N) is 1. The van der Waals surface area contributed by atoms with Crippen molar-refractivity contribution in [3.05, 3.63) is 64.5 Å². The maximum Gasteiger partial charge on any atom is 0.271 e. The van der Waals surface area contributed by atoms with Crippen LogP contribution in [0.2, 0.25) is 0 Å². The van der Waals surface area contributed by atoms with Gasteiger partial charge in [-0.1, -0.05) is 27.7 Å². The Balaban J connectivity index is 2.20. The van der Waals surface area contributed by atoms with Crippen molar-refractivity contribution in [2.24, 2.45) is 5.10 Å². The van der Waals surface area contributed by atoms with E-state index < -0.39 is 11.7 Å². The van der Waals surface area contributed by atoms with Crippen LogP contribution in [0.4, 0.5) is 4.39 Å². The first kappa shape index (κ1) is 18.6. The number of amides is 1. The Kier molecular flexibility index (Phi) is 5.91. The first-order valence-corrected chi connectivity index (χ1v) is 8.25. The van der Waals surface area contributed by atoms with Gasteiger partial charge in [0.15, 0.2) is 0 Å². The second kappa shape index (κ2) is 7.92. The average molecular weight is 342 g/mol. The molecule has 0 fully saturated rings. The van der Waals surface area contributed by atoms with Crippen molar-refractivity contribution >= 4 is 12.1 Å². The zero-order valence-electron chi connectivity index (χ0n) is 14.9. The van der Waals surface area contributed by atoms with Crippen molar-refractivity contribution in [3.63, 3.8) is 0 Å². The van der Waals surface area contributed by atoms with Gasteiger partial charge in [-0.05, 0) is 64.9 Å². The number of carbonyl (C=O) groups excluding carboxylic acids is 1. The third-order valence-corrected chi connectivity index (χ3v) is 3.92. The molecule has 2 rings (SSSR count). The predicted molar refractivity (Wildman–Crippen MR) is 97.7 cm³/mol. The Bertz CT molecular complexity index is 752. The smallest absolute Gasteiger partial charge is 0.271 e. The van der Waals surface area contributed by atoms with Crippen LogP contribution in [-0.2, 0) is 0 Å². The lowest BCUT2D eigenvalue weighted by Gasteiger charge is -2.16. The van der Waals surface area contributed by atoms with E-state index in [4.69, 9.17) is 0 Å². The van der Waals surface area contributed by atoms with Crippen LogP contribution in [0.15, 0.2) is 41.5 Å². The molecular formula is C20H23FN2O2. The van der Waals surface area contributed by atoms with E-state index in [2.05, 4.69) is 10.5 Å². The lowest BCUT2D eigenvalue weighted by Crippen LogP contribution is -2.17. The molecule has 0 unspecified atom stereocenters. The van der Waals surface area contributed by atoms with Gasteiger partial charge in [0.2, 0.25) is 0 Å². The number of hydrogen-bond acceptors (Lipinski definition) is 3. The van der Waals surface area contributed by atoms with Gasteiger partial charge in [-0.25, -0.2) is 9.82 Å². The quantitative estimate of drug-likeness (QED) is 0.619. The fourth-order valence-corrected chi connectivity index (χ4v) is 2.49. The molecule has 4 nitrogen and oxygen atoms in total. The van der Waals surface area contributed by atoms with Crippen molar-refractivity contribution in [1.82, 2.24) is 5.43 Å². The van der Waals surface area contributed by atoms with Crippen molar-refractivity contribution in [2.45, 2.75) is 39.5 Å². The maximum absolute atomic E-state index is 12.9. The minimum atomic E-state index is -0.414. The van der Waals surface area contributed by atoms with E-state index >= 15 is 0 Å². The summed E-state index contributed by atoms with van der Waals surface area (Å²) in [4.78, 5) is 12.0. The van der Waals surface area contributed by atoms with Crippen LogP contribution in [0.3, 0.4) is 0 Å². The van der Waals surface area contributed by atoms with Crippen molar-refractivity contribution in [1.29, 1.82) is 0 Å². The number of halogens is 1. The summed E-state index contributed by atoms with van der Waals surface area (Å²) < 4.78 is 12.9. The van der Waals surface area contributed by atoms with Gasteiger partial charge in [-0.3, -0.25) is 4.79 Å². The summed E-state index contributed by atoms with van der Waals surface area (Å²) in [6.45, 7) is 8.04. The monoisotopic (exact) mass is 342 g/mol. The molecule has 0 aliphatic carbocycles. The zero-order chi connectivity index (χ0) is 18.6. The Morgan fingerprint density at radius 3 is 2.08 bits per heavy atom. The highest BCUT2D eigenvalue weighted by atomic mass is 19.1. The van der Waals surface area contributed by atoms with E-state index in [1.165, 1.54) is 24.3 Å². The minimum absolute atomic E-state index is 0.166. The summed E-state index contributed by atoms with van der Waals surface area (Å²) in [6.07, 6.45) is 1.54. The Morgan fingerprint density at radius 2 is 1.60 bits per heavy atom. The van der Waals surface area contributed by atoms with Gasteiger partial charge in [0.1, 0.15) is 11.6 Å². The standard InChI is InChI=1S/C20H23FN2O2/c1-12(2)17-9-14(10-18(13(3)4)19(17)24)11-22-23-20(25)15-5-7-16(21)8-6-15/h5-13,24H,1-4H3,(H,23,25)/b22-11-. The molecule has 2 N–H and O–H groups in total. The molecule has 0 saturated heterocycles. The second-order valence-corrected chi connectivity index (χ2v) is 6.56. The molecular weight excluding hydrogens is 319 g/mol. The highest BCUT2D eigenvalue weighted by Gasteiger charge is 2.14. The molecule has 0 radical (unpaired) electrons. The topological polar surface area (TPSA) is 61.7 Å². The average Bonchev–Trinajstić information content (AvgIpc) is 2.56. The highest BCUT2D eigenvalue weighted by Crippen LogP contribution is 2.34. The number of rotatable bonds is 5. The van der Waals surface area contributed by atoms with E-state index in [0.29, 0.717) is 11.3 Å². The summed E-state index contributed by atoms with van der Waals surface area (Å²) >= 11 is 0. The lowest BCUT2D eigenvalue weighted by atomic mass is 9.92. The SMILES string of the molecule is CC(C)c1cc(/C=N\NC(=O)c2ccc(F)cc2)cc(C(C)C)c1O. The minimum Gasteiger partial charge on any atom is -0.507 e. The van der Waals surface area contributed by atoms with Crippen LogP contribution >= 0.6 is 0 Å². The summed E-state index contributed by atoms with van der Waals surface area (Å²) in [6, 6.07) is 8.96. The van der Waals surface area contributed by atoms with Crippen molar-refractivity contribution < 1.29 is 14.3 Å². The van der Waals surface area contributed by atoms with Crippen LogP contribution in [-0.4, -0.2) is 17.2 Å². The molecule has 0 aliphatic rings. The molecule has 132 valence electrons. The molecule has 0 saturated carbocycles. The van der Waals surface area contributed by atoms with E-state index in [1.54, 1.807) is 6.21 Å². The number of hydrogen-bond donors (Lipinski definition) is 2. The van der Waals surface area contributed by atoms with Gasteiger partial charge >= 0.3 is 0 Å². The Morgan fingerprint density at radius 1 is 1.08 bits per heavy atom. The van der Waals surface area contributed by atoms with Gasteiger partial charge in [0.25, 0.3) is 5.91 Å². The second-order valence-electron chi connectivity index (χ2n) is 6.56. The van der Waals surface area contributed by atoms with Crippen LogP contribution in [0.5, 0.6) is 5.75 Å². The third kappa shape index (κ3) is 4.66. The van der Waals surface area contributed by atoms with Crippen LogP contribution in [0, 0.1) is 5.82 Å². The molecule has 25 heavy (non-hydrogen) atoms.